The predicted molar refractivity (Wildman–Crippen MR) is 134 cm³/mol. The van der Waals surface area contributed by atoms with Crippen LogP contribution in [0.5, 0.6) is 5.88 Å². The van der Waals surface area contributed by atoms with Gasteiger partial charge in [-0.1, -0.05) is 41.9 Å². The summed E-state index contributed by atoms with van der Waals surface area (Å²) in [6.45, 7) is 2.16. The number of carbonyl (C=O) groups excluding carboxylic acids is 2. The van der Waals surface area contributed by atoms with E-state index in [9.17, 15) is 18.0 Å². The molecule has 10 heteroatoms. The Hall–Kier alpha value is -2.91. The highest BCUT2D eigenvalue weighted by Gasteiger charge is 2.43. The summed E-state index contributed by atoms with van der Waals surface area (Å²) in [4.78, 5) is 33.2. The summed E-state index contributed by atoms with van der Waals surface area (Å²) in [5, 5.41) is 1.30. The van der Waals surface area contributed by atoms with Crippen LogP contribution in [0.4, 0.5) is 0 Å². The van der Waals surface area contributed by atoms with Gasteiger partial charge in [0, 0.05) is 43.2 Å². The zero-order valence-corrected chi connectivity index (χ0v) is 21.1. The highest BCUT2D eigenvalue weighted by molar-refractivity contribution is 7.95. The number of hydrogen-bond acceptors (Lipinski definition) is 6. The number of aromatic nitrogens is 1. The number of pyridine rings is 1. The van der Waals surface area contributed by atoms with Crippen LogP contribution in [-0.2, 0) is 14.6 Å². The largest absolute Gasteiger partial charge is 0.481 e. The topological polar surface area (TPSA) is 96.9 Å². The molecule has 2 fully saturated rings. The first-order valence-electron chi connectivity index (χ1n) is 11.4. The van der Waals surface area contributed by atoms with Crippen molar-refractivity contribution in [3.63, 3.8) is 0 Å². The Morgan fingerprint density at radius 2 is 1.74 bits per heavy atom. The van der Waals surface area contributed by atoms with Crippen LogP contribution in [-0.4, -0.2) is 74.1 Å². The Morgan fingerprint density at radius 3 is 2.40 bits per heavy atom. The molecule has 0 unspecified atom stereocenters. The average Bonchev–Trinajstić information content (AvgIpc) is 3.26. The maximum absolute atomic E-state index is 13.0. The molecule has 3 heterocycles. The zero-order chi connectivity index (χ0) is 25.1. The van der Waals surface area contributed by atoms with Crippen molar-refractivity contribution >= 4 is 39.3 Å². The Morgan fingerprint density at radius 1 is 1.09 bits per heavy atom. The molecule has 2 amide bonds. The number of methoxy groups -OCH3 is 1. The fourth-order valence-electron chi connectivity index (χ4n) is 4.68. The zero-order valence-electron chi connectivity index (χ0n) is 19.5. The van der Waals surface area contributed by atoms with Crippen molar-refractivity contribution in [2.45, 2.75) is 19.3 Å². The third-order valence-electron chi connectivity index (χ3n) is 6.72. The van der Waals surface area contributed by atoms with Crippen molar-refractivity contribution in [3.8, 4) is 5.88 Å². The van der Waals surface area contributed by atoms with Crippen molar-refractivity contribution in [1.29, 1.82) is 0 Å². The predicted octanol–water partition coefficient (Wildman–Crippen LogP) is 3.28. The summed E-state index contributed by atoms with van der Waals surface area (Å²) < 4.78 is 30.0. The van der Waals surface area contributed by atoms with Gasteiger partial charge in [-0.15, -0.1) is 0 Å². The molecule has 2 aliphatic rings. The minimum absolute atomic E-state index is 0.0936. The van der Waals surface area contributed by atoms with Gasteiger partial charge < -0.3 is 14.5 Å². The smallest absolute Gasteiger partial charge is 0.254 e. The number of carbonyl (C=O) groups is 2. The van der Waals surface area contributed by atoms with E-state index < -0.39 is 15.6 Å². The number of sulfone groups is 1. The number of likely N-dealkylation sites (tertiary alicyclic amines) is 2. The van der Waals surface area contributed by atoms with Gasteiger partial charge in [-0.3, -0.25) is 9.59 Å². The van der Waals surface area contributed by atoms with Crippen molar-refractivity contribution in [2.75, 3.05) is 39.0 Å². The number of halogens is 1. The first kappa shape index (κ1) is 25.2. The Balaban J connectivity index is 1.32. The number of nitrogens with zero attached hydrogens (tertiary/aromatic N) is 3. The van der Waals surface area contributed by atoms with Gasteiger partial charge in [0.1, 0.15) is 10.9 Å². The summed E-state index contributed by atoms with van der Waals surface area (Å²) in [5.74, 6) is -0.768. The van der Waals surface area contributed by atoms with E-state index in [4.69, 9.17) is 16.3 Å². The van der Waals surface area contributed by atoms with Crippen LogP contribution in [0, 0.1) is 5.41 Å². The minimum Gasteiger partial charge on any atom is -0.481 e. The number of benzene rings is 1. The molecule has 4 rings (SSSR count). The summed E-state index contributed by atoms with van der Waals surface area (Å²) in [6.07, 6.45) is 3.81. The molecule has 0 atom stereocenters. The summed E-state index contributed by atoms with van der Waals surface area (Å²) in [5.41, 5.74) is 1.09. The third-order valence-corrected chi connectivity index (χ3v) is 8.11. The molecule has 2 aliphatic heterocycles. The normalized spacial score (nSPS) is 17.8. The van der Waals surface area contributed by atoms with Gasteiger partial charge >= 0.3 is 0 Å². The number of hydrogen-bond donors (Lipinski definition) is 0. The molecule has 0 N–H and O–H groups in total. The molecular formula is C25H28ClN3O5S. The molecule has 0 aliphatic carbocycles. The second-order valence-corrected chi connectivity index (χ2v) is 11.4. The quantitative estimate of drug-likeness (QED) is 0.545. The highest BCUT2D eigenvalue weighted by atomic mass is 35.5. The van der Waals surface area contributed by atoms with Crippen LogP contribution < -0.4 is 4.74 Å². The maximum atomic E-state index is 13.0. The highest BCUT2D eigenvalue weighted by Crippen LogP contribution is 2.40. The van der Waals surface area contributed by atoms with E-state index in [0.29, 0.717) is 31.7 Å². The van der Waals surface area contributed by atoms with Gasteiger partial charge in [0.15, 0.2) is 9.84 Å². The second kappa shape index (κ2) is 10.4. The first-order valence-corrected chi connectivity index (χ1v) is 13.5. The van der Waals surface area contributed by atoms with Crippen LogP contribution in [0.2, 0.25) is 5.15 Å². The standard InChI is InChI=1S/C25H28ClN3O5S/c1-34-22-16-20(15-21(26)27-22)24(31)28-11-8-25(9-12-28)10-13-29(18-25)23(30)17-35(32,33)14-7-19-5-3-2-4-6-19/h2-7,14-16H,8-13,17-18H2,1H3. The monoisotopic (exact) mass is 517 g/mol. The number of amides is 2. The van der Waals surface area contributed by atoms with Crippen LogP contribution in [0.1, 0.15) is 35.2 Å². The average molecular weight is 518 g/mol. The van der Waals surface area contributed by atoms with Crippen LogP contribution >= 0.6 is 11.6 Å². The van der Waals surface area contributed by atoms with Crippen LogP contribution in [0.25, 0.3) is 6.08 Å². The molecule has 1 aromatic heterocycles. The van der Waals surface area contributed by atoms with Crippen molar-refractivity contribution in [2.24, 2.45) is 5.41 Å². The van der Waals surface area contributed by atoms with E-state index in [0.717, 1.165) is 30.2 Å². The van der Waals surface area contributed by atoms with Crippen LogP contribution in [0.15, 0.2) is 47.9 Å². The van der Waals surface area contributed by atoms with Gasteiger partial charge in [0.25, 0.3) is 5.91 Å². The van der Waals surface area contributed by atoms with Crippen molar-refractivity contribution < 1.29 is 22.7 Å². The molecule has 2 saturated heterocycles. The van der Waals surface area contributed by atoms with Gasteiger partial charge in [-0.05, 0) is 42.4 Å². The van der Waals surface area contributed by atoms with Gasteiger partial charge in [0.05, 0.1) is 7.11 Å². The fraction of sp³-hybridized carbons (Fsp3) is 0.400. The molecule has 2 aromatic rings. The molecule has 0 radical (unpaired) electrons. The SMILES string of the molecule is COc1cc(C(=O)N2CCC3(CCN(C(=O)CS(=O)(=O)C=Cc4ccccc4)C3)CC2)cc(Cl)n1. The van der Waals surface area contributed by atoms with E-state index in [1.165, 1.54) is 19.3 Å². The van der Waals surface area contributed by atoms with E-state index in [1.54, 1.807) is 28.0 Å². The van der Waals surface area contributed by atoms with Crippen molar-refractivity contribution in [3.05, 3.63) is 64.2 Å². The third kappa shape index (κ3) is 6.21. The molecule has 8 nitrogen and oxygen atoms in total. The Kier molecular flexibility index (Phi) is 7.47. The second-order valence-electron chi connectivity index (χ2n) is 9.10. The Labute approximate surface area is 210 Å². The maximum Gasteiger partial charge on any atom is 0.254 e. The first-order chi connectivity index (χ1) is 16.7. The summed E-state index contributed by atoms with van der Waals surface area (Å²) in [7, 11) is -2.20. The lowest BCUT2D eigenvalue weighted by Crippen LogP contribution is -2.45. The van der Waals surface area contributed by atoms with E-state index in [-0.39, 0.29) is 28.3 Å². The summed E-state index contributed by atoms with van der Waals surface area (Å²) >= 11 is 6.01. The minimum atomic E-state index is -3.67. The molecule has 1 aromatic carbocycles. The molecule has 0 bridgehead atoms. The Bertz CT molecular complexity index is 1220. The molecule has 35 heavy (non-hydrogen) atoms. The number of piperidine rings is 1. The fourth-order valence-corrected chi connectivity index (χ4v) is 5.87. The van der Waals surface area contributed by atoms with E-state index >= 15 is 0 Å². The van der Waals surface area contributed by atoms with E-state index in [2.05, 4.69) is 4.98 Å². The number of ether oxygens (including phenoxy) is 1. The van der Waals surface area contributed by atoms with Gasteiger partial charge in [0.2, 0.25) is 11.8 Å². The lowest BCUT2D eigenvalue weighted by Gasteiger charge is -2.39. The lowest BCUT2D eigenvalue weighted by molar-refractivity contribution is -0.128. The molecule has 186 valence electrons. The molecular weight excluding hydrogens is 490 g/mol. The number of rotatable bonds is 6. The van der Waals surface area contributed by atoms with Gasteiger partial charge in [-0.25, -0.2) is 13.4 Å². The lowest BCUT2D eigenvalue weighted by atomic mass is 9.77. The summed E-state index contributed by atoms with van der Waals surface area (Å²) in [6, 6.07) is 12.2. The molecule has 1 spiro atoms. The van der Waals surface area contributed by atoms with Crippen LogP contribution in [0.3, 0.4) is 0 Å². The van der Waals surface area contributed by atoms with Gasteiger partial charge in [-0.2, -0.15) is 0 Å². The van der Waals surface area contributed by atoms with E-state index in [1.807, 2.05) is 18.2 Å². The van der Waals surface area contributed by atoms with Crippen molar-refractivity contribution in [1.82, 2.24) is 14.8 Å². The molecule has 0 saturated carbocycles.